The Labute approximate surface area is 96.1 Å². The summed E-state index contributed by atoms with van der Waals surface area (Å²) in [5.41, 5.74) is 0.0697. The SMILES string of the molecule is C[C@H]1CNc2nc3c(c(=O)[nH]c(=O)n3C)n2C1. The van der Waals surface area contributed by atoms with Crippen LogP contribution in [0.4, 0.5) is 5.95 Å². The second-order valence-electron chi connectivity index (χ2n) is 4.52. The molecule has 0 bridgehead atoms. The minimum atomic E-state index is -0.439. The first-order valence-electron chi connectivity index (χ1n) is 5.51. The van der Waals surface area contributed by atoms with E-state index in [9.17, 15) is 9.59 Å². The quantitative estimate of drug-likeness (QED) is 0.643. The maximum atomic E-state index is 11.8. The molecular formula is C10H13N5O2. The molecule has 17 heavy (non-hydrogen) atoms. The zero-order valence-electron chi connectivity index (χ0n) is 9.65. The molecule has 0 aromatic carbocycles. The number of anilines is 1. The summed E-state index contributed by atoms with van der Waals surface area (Å²) in [5.74, 6) is 1.08. The van der Waals surface area contributed by atoms with Crippen LogP contribution in [0.15, 0.2) is 9.59 Å². The molecule has 0 amide bonds. The Hall–Kier alpha value is -2.05. The molecule has 2 aromatic rings. The third kappa shape index (κ3) is 1.31. The normalized spacial score (nSPS) is 19.1. The molecule has 0 aliphatic carbocycles. The summed E-state index contributed by atoms with van der Waals surface area (Å²) in [7, 11) is 1.60. The minimum absolute atomic E-state index is 0.377. The van der Waals surface area contributed by atoms with Crippen LogP contribution in [-0.2, 0) is 13.6 Å². The molecule has 0 unspecified atom stereocenters. The molecule has 0 spiro atoms. The van der Waals surface area contributed by atoms with Gasteiger partial charge in [0.05, 0.1) is 0 Å². The van der Waals surface area contributed by atoms with Crippen molar-refractivity contribution in [1.29, 1.82) is 0 Å². The topological polar surface area (TPSA) is 84.7 Å². The van der Waals surface area contributed by atoms with Gasteiger partial charge in [-0.1, -0.05) is 6.92 Å². The number of fused-ring (bicyclic) bond motifs is 3. The Balaban J connectivity index is 2.44. The summed E-state index contributed by atoms with van der Waals surface area (Å²) in [6.45, 7) is 3.66. The lowest BCUT2D eigenvalue weighted by molar-refractivity contribution is 0.485. The fourth-order valence-electron chi connectivity index (χ4n) is 2.19. The molecule has 1 aliphatic rings. The first kappa shape index (κ1) is 10.1. The highest BCUT2D eigenvalue weighted by Gasteiger charge is 2.22. The van der Waals surface area contributed by atoms with Gasteiger partial charge in [-0.05, 0) is 5.92 Å². The summed E-state index contributed by atoms with van der Waals surface area (Å²) >= 11 is 0. The molecular weight excluding hydrogens is 222 g/mol. The number of nitrogens with zero attached hydrogens (tertiary/aromatic N) is 3. The van der Waals surface area contributed by atoms with Gasteiger partial charge in [-0.25, -0.2) is 4.79 Å². The lowest BCUT2D eigenvalue weighted by Crippen LogP contribution is -2.30. The van der Waals surface area contributed by atoms with E-state index in [2.05, 4.69) is 22.2 Å². The predicted octanol–water partition coefficient (Wildman–Crippen LogP) is -0.515. The highest BCUT2D eigenvalue weighted by atomic mass is 16.2. The Bertz CT molecular complexity index is 708. The van der Waals surface area contributed by atoms with Crippen LogP contribution in [0.1, 0.15) is 6.92 Å². The number of rotatable bonds is 0. The predicted molar refractivity (Wildman–Crippen MR) is 63.2 cm³/mol. The number of hydrogen-bond donors (Lipinski definition) is 2. The van der Waals surface area contributed by atoms with Crippen molar-refractivity contribution >= 4 is 17.1 Å². The molecule has 0 saturated carbocycles. The van der Waals surface area contributed by atoms with Crippen molar-refractivity contribution in [3.05, 3.63) is 20.8 Å². The fourth-order valence-corrected chi connectivity index (χ4v) is 2.19. The number of aryl methyl sites for hydroxylation is 1. The third-order valence-electron chi connectivity index (χ3n) is 3.11. The Morgan fingerprint density at radius 3 is 2.94 bits per heavy atom. The Kier molecular flexibility index (Phi) is 1.92. The molecule has 1 atom stereocenters. The standard InChI is InChI=1S/C10H13N5O2/c1-5-3-11-9-12-7-6(15(9)4-5)8(16)13-10(17)14(7)2/h5H,3-4H2,1-2H3,(H,11,12)(H,13,16,17)/t5-/m0/s1. The molecule has 2 N–H and O–H groups in total. The first-order chi connectivity index (χ1) is 8.08. The van der Waals surface area contributed by atoms with Gasteiger partial charge < -0.3 is 9.88 Å². The van der Waals surface area contributed by atoms with Crippen molar-refractivity contribution in [2.45, 2.75) is 13.5 Å². The van der Waals surface area contributed by atoms with Crippen LogP contribution in [-0.4, -0.2) is 25.6 Å². The van der Waals surface area contributed by atoms with Crippen molar-refractivity contribution in [1.82, 2.24) is 19.1 Å². The molecule has 0 radical (unpaired) electrons. The Morgan fingerprint density at radius 2 is 2.18 bits per heavy atom. The van der Waals surface area contributed by atoms with E-state index >= 15 is 0 Å². The van der Waals surface area contributed by atoms with Crippen molar-refractivity contribution in [2.75, 3.05) is 11.9 Å². The van der Waals surface area contributed by atoms with E-state index in [4.69, 9.17) is 0 Å². The highest BCUT2D eigenvalue weighted by molar-refractivity contribution is 5.74. The number of imidazole rings is 1. The van der Waals surface area contributed by atoms with Crippen LogP contribution in [0.2, 0.25) is 0 Å². The zero-order chi connectivity index (χ0) is 12.2. The molecule has 7 nitrogen and oxygen atoms in total. The first-order valence-corrected chi connectivity index (χ1v) is 5.51. The molecule has 2 aromatic heterocycles. The van der Waals surface area contributed by atoms with E-state index in [0.717, 1.165) is 13.1 Å². The van der Waals surface area contributed by atoms with Crippen LogP contribution in [0.25, 0.3) is 11.2 Å². The summed E-state index contributed by atoms with van der Waals surface area (Å²) in [6.07, 6.45) is 0. The third-order valence-corrected chi connectivity index (χ3v) is 3.11. The van der Waals surface area contributed by atoms with E-state index in [-0.39, 0.29) is 5.56 Å². The van der Waals surface area contributed by atoms with Gasteiger partial charge in [-0.3, -0.25) is 14.3 Å². The van der Waals surface area contributed by atoms with Crippen LogP contribution in [0.3, 0.4) is 0 Å². The van der Waals surface area contributed by atoms with Crippen molar-refractivity contribution in [3.63, 3.8) is 0 Å². The van der Waals surface area contributed by atoms with Gasteiger partial charge in [0.15, 0.2) is 11.2 Å². The molecule has 90 valence electrons. The van der Waals surface area contributed by atoms with Gasteiger partial charge in [0.2, 0.25) is 5.95 Å². The number of H-pyrrole nitrogens is 1. The number of hydrogen-bond acceptors (Lipinski definition) is 4. The molecule has 3 rings (SSSR count). The van der Waals surface area contributed by atoms with Gasteiger partial charge >= 0.3 is 5.69 Å². The average Bonchev–Trinajstić information content (AvgIpc) is 2.65. The van der Waals surface area contributed by atoms with Crippen LogP contribution in [0, 0.1) is 5.92 Å². The monoisotopic (exact) mass is 235 g/mol. The molecule has 0 fully saturated rings. The maximum Gasteiger partial charge on any atom is 0.329 e. The lowest BCUT2D eigenvalue weighted by Gasteiger charge is -2.21. The number of nitrogens with one attached hydrogen (secondary N) is 2. The van der Waals surface area contributed by atoms with Gasteiger partial charge in [-0.2, -0.15) is 4.98 Å². The van der Waals surface area contributed by atoms with Gasteiger partial charge in [0, 0.05) is 20.1 Å². The molecule has 7 heteroatoms. The maximum absolute atomic E-state index is 11.8. The largest absolute Gasteiger partial charge is 0.355 e. The minimum Gasteiger partial charge on any atom is -0.355 e. The van der Waals surface area contributed by atoms with Gasteiger partial charge in [0.1, 0.15) is 0 Å². The highest BCUT2D eigenvalue weighted by Crippen LogP contribution is 2.21. The average molecular weight is 235 g/mol. The van der Waals surface area contributed by atoms with Gasteiger partial charge in [-0.15, -0.1) is 0 Å². The molecule has 0 saturated heterocycles. The smallest absolute Gasteiger partial charge is 0.329 e. The van der Waals surface area contributed by atoms with Gasteiger partial charge in [0.25, 0.3) is 5.56 Å². The fraction of sp³-hybridized carbons (Fsp3) is 0.500. The van der Waals surface area contributed by atoms with Crippen LogP contribution in [0.5, 0.6) is 0 Å². The Morgan fingerprint density at radius 1 is 1.41 bits per heavy atom. The van der Waals surface area contributed by atoms with E-state index in [1.807, 2.05) is 4.57 Å². The number of aromatic amines is 1. The summed E-state index contributed by atoms with van der Waals surface area (Å²) < 4.78 is 3.19. The van der Waals surface area contributed by atoms with Crippen molar-refractivity contribution in [2.24, 2.45) is 13.0 Å². The van der Waals surface area contributed by atoms with E-state index in [1.54, 1.807) is 7.05 Å². The lowest BCUT2D eigenvalue weighted by atomic mass is 10.1. The van der Waals surface area contributed by atoms with E-state index in [1.165, 1.54) is 4.57 Å². The van der Waals surface area contributed by atoms with Crippen molar-refractivity contribution in [3.8, 4) is 0 Å². The summed E-state index contributed by atoms with van der Waals surface area (Å²) in [5, 5.41) is 3.16. The van der Waals surface area contributed by atoms with E-state index < -0.39 is 5.69 Å². The number of aromatic nitrogens is 4. The zero-order valence-corrected chi connectivity index (χ0v) is 9.65. The second-order valence-corrected chi connectivity index (χ2v) is 4.52. The summed E-state index contributed by atoms with van der Waals surface area (Å²) in [4.78, 5) is 29.9. The van der Waals surface area contributed by atoms with Crippen molar-refractivity contribution < 1.29 is 0 Å². The molecule has 3 heterocycles. The van der Waals surface area contributed by atoms with Crippen LogP contribution >= 0.6 is 0 Å². The van der Waals surface area contributed by atoms with Crippen LogP contribution < -0.4 is 16.6 Å². The van der Waals surface area contributed by atoms with E-state index in [0.29, 0.717) is 23.0 Å². The second kappa shape index (κ2) is 3.22. The summed E-state index contributed by atoms with van der Waals surface area (Å²) in [6, 6.07) is 0. The molecule has 1 aliphatic heterocycles.